The molecule has 170 valence electrons. The number of aromatic nitrogens is 4. The van der Waals surface area contributed by atoms with Crippen molar-refractivity contribution in [3.63, 3.8) is 0 Å². The molecule has 0 atom stereocenters. The van der Waals surface area contributed by atoms with Crippen LogP contribution < -0.4 is 5.32 Å². The number of anilines is 1. The van der Waals surface area contributed by atoms with Crippen molar-refractivity contribution in [3.05, 3.63) is 66.6 Å². The van der Waals surface area contributed by atoms with E-state index in [0.717, 1.165) is 20.9 Å². The molecule has 0 saturated carbocycles. The van der Waals surface area contributed by atoms with Crippen molar-refractivity contribution in [3.8, 4) is 5.69 Å². The van der Waals surface area contributed by atoms with Crippen molar-refractivity contribution in [2.75, 3.05) is 25.2 Å². The van der Waals surface area contributed by atoms with E-state index in [2.05, 4.69) is 20.4 Å². The van der Waals surface area contributed by atoms with E-state index in [4.69, 9.17) is 0 Å². The van der Waals surface area contributed by atoms with E-state index in [9.17, 15) is 13.2 Å². The number of rotatable bonds is 7. The van der Waals surface area contributed by atoms with Gasteiger partial charge in [-0.05, 0) is 36.8 Å². The predicted octanol–water partition coefficient (Wildman–Crippen LogP) is 3.11. The number of thioether (sulfide) groups is 1. The third-order valence-electron chi connectivity index (χ3n) is 4.93. The van der Waals surface area contributed by atoms with Crippen LogP contribution in [-0.4, -0.2) is 58.2 Å². The topological polar surface area (TPSA) is 110 Å². The fourth-order valence-corrected chi connectivity index (χ4v) is 4.81. The Bertz CT molecular complexity index is 1420. The van der Waals surface area contributed by atoms with Gasteiger partial charge in [0.25, 0.3) is 0 Å². The SMILES string of the molecule is Cc1ccc(S(=O)(=O)N(C)C)cc1NC(=O)CSc1ncnc2c1cnn2-c1ccccc1. The smallest absolute Gasteiger partial charge is 0.242 e. The second-order valence-corrected chi connectivity index (χ2v) is 10.5. The van der Waals surface area contributed by atoms with Crippen molar-refractivity contribution < 1.29 is 13.2 Å². The van der Waals surface area contributed by atoms with E-state index < -0.39 is 10.0 Å². The molecule has 9 nitrogen and oxygen atoms in total. The standard InChI is InChI=1S/C22H22N6O3S2/c1-15-9-10-17(33(30,31)27(2)3)11-19(15)26-20(29)13-32-22-18-12-25-28(21(18)23-14-24-22)16-7-5-4-6-8-16/h4-12,14H,13H2,1-3H3,(H,26,29). The average Bonchev–Trinajstić information content (AvgIpc) is 3.24. The minimum absolute atomic E-state index is 0.0900. The summed E-state index contributed by atoms with van der Waals surface area (Å²) in [6, 6.07) is 14.3. The lowest BCUT2D eigenvalue weighted by atomic mass is 10.2. The zero-order valence-corrected chi connectivity index (χ0v) is 19.9. The Labute approximate surface area is 195 Å². The Morgan fingerprint density at radius 2 is 1.88 bits per heavy atom. The van der Waals surface area contributed by atoms with Crippen LogP contribution in [0.4, 0.5) is 5.69 Å². The number of hydrogen-bond acceptors (Lipinski definition) is 7. The Balaban J connectivity index is 1.51. The van der Waals surface area contributed by atoms with Crippen molar-refractivity contribution in [1.82, 2.24) is 24.1 Å². The summed E-state index contributed by atoms with van der Waals surface area (Å²) >= 11 is 1.26. The van der Waals surface area contributed by atoms with Gasteiger partial charge in [0.15, 0.2) is 5.65 Å². The summed E-state index contributed by atoms with van der Waals surface area (Å²) in [7, 11) is -0.672. The molecule has 4 aromatic rings. The predicted molar refractivity (Wildman–Crippen MR) is 128 cm³/mol. The van der Waals surface area contributed by atoms with Crippen LogP contribution in [0.25, 0.3) is 16.7 Å². The van der Waals surface area contributed by atoms with E-state index >= 15 is 0 Å². The fourth-order valence-electron chi connectivity index (χ4n) is 3.12. The molecule has 0 saturated heterocycles. The van der Waals surface area contributed by atoms with Crippen LogP contribution >= 0.6 is 11.8 Å². The number of nitrogens with zero attached hydrogens (tertiary/aromatic N) is 5. The highest BCUT2D eigenvalue weighted by Crippen LogP contribution is 2.27. The molecule has 0 spiro atoms. The minimum atomic E-state index is -3.60. The largest absolute Gasteiger partial charge is 0.325 e. The molecule has 0 aliphatic carbocycles. The van der Waals surface area contributed by atoms with Gasteiger partial charge in [0.05, 0.1) is 27.9 Å². The molecule has 0 bridgehead atoms. The van der Waals surface area contributed by atoms with Crippen LogP contribution in [0.15, 0.2) is 71.0 Å². The molecule has 2 heterocycles. The van der Waals surface area contributed by atoms with Gasteiger partial charge in [0.1, 0.15) is 11.4 Å². The first-order valence-electron chi connectivity index (χ1n) is 9.97. The molecule has 1 N–H and O–H groups in total. The molecule has 33 heavy (non-hydrogen) atoms. The van der Waals surface area contributed by atoms with Crippen molar-refractivity contribution in [1.29, 1.82) is 0 Å². The lowest BCUT2D eigenvalue weighted by Gasteiger charge is -2.14. The molecule has 0 fully saturated rings. The molecular weight excluding hydrogens is 460 g/mol. The molecule has 4 rings (SSSR count). The van der Waals surface area contributed by atoms with Crippen molar-refractivity contribution in [2.24, 2.45) is 0 Å². The molecule has 11 heteroatoms. The Hall–Kier alpha value is -3.28. The first-order valence-corrected chi connectivity index (χ1v) is 12.4. The lowest BCUT2D eigenvalue weighted by Crippen LogP contribution is -2.22. The van der Waals surface area contributed by atoms with E-state index in [-0.39, 0.29) is 16.6 Å². The van der Waals surface area contributed by atoms with Crippen LogP contribution in [0.2, 0.25) is 0 Å². The lowest BCUT2D eigenvalue weighted by molar-refractivity contribution is -0.113. The molecule has 2 aromatic heterocycles. The number of sulfonamides is 1. The maximum absolute atomic E-state index is 12.6. The minimum Gasteiger partial charge on any atom is -0.325 e. The van der Waals surface area contributed by atoms with Gasteiger partial charge in [-0.25, -0.2) is 27.4 Å². The normalized spacial score (nSPS) is 11.8. The van der Waals surface area contributed by atoms with Crippen molar-refractivity contribution >= 4 is 44.4 Å². The molecule has 2 aromatic carbocycles. The van der Waals surface area contributed by atoms with Crippen LogP contribution in [0.3, 0.4) is 0 Å². The molecular formula is C22H22N6O3S2. The number of carbonyl (C=O) groups excluding carboxylic acids is 1. The van der Waals surface area contributed by atoms with Crippen LogP contribution in [0, 0.1) is 6.92 Å². The third-order valence-corrected chi connectivity index (χ3v) is 7.75. The third kappa shape index (κ3) is 4.75. The van der Waals surface area contributed by atoms with Gasteiger partial charge in [-0.3, -0.25) is 4.79 Å². The summed E-state index contributed by atoms with van der Waals surface area (Å²) in [5.41, 5.74) is 2.74. The Morgan fingerprint density at radius 3 is 2.61 bits per heavy atom. The number of benzene rings is 2. The van der Waals surface area contributed by atoms with Crippen LogP contribution in [-0.2, 0) is 14.8 Å². The van der Waals surface area contributed by atoms with Gasteiger partial charge < -0.3 is 5.32 Å². The number of fused-ring (bicyclic) bond motifs is 1. The molecule has 0 unspecified atom stereocenters. The van der Waals surface area contributed by atoms with E-state index in [1.165, 1.54) is 44.3 Å². The summed E-state index contributed by atoms with van der Waals surface area (Å²) < 4.78 is 27.7. The molecule has 0 aliphatic heterocycles. The van der Waals surface area contributed by atoms with E-state index in [0.29, 0.717) is 16.4 Å². The zero-order valence-electron chi connectivity index (χ0n) is 18.3. The summed E-state index contributed by atoms with van der Waals surface area (Å²) in [6.07, 6.45) is 3.13. The highest BCUT2D eigenvalue weighted by Gasteiger charge is 2.19. The second kappa shape index (κ2) is 9.30. The number of nitrogens with one attached hydrogen (secondary N) is 1. The monoisotopic (exact) mass is 482 g/mol. The quantitative estimate of drug-likeness (QED) is 0.318. The van der Waals surface area contributed by atoms with Gasteiger partial charge in [0.2, 0.25) is 15.9 Å². The van der Waals surface area contributed by atoms with Gasteiger partial charge in [-0.15, -0.1) is 0 Å². The van der Waals surface area contributed by atoms with Gasteiger partial charge in [0, 0.05) is 19.8 Å². The Morgan fingerprint density at radius 1 is 1.12 bits per heavy atom. The summed E-state index contributed by atoms with van der Waals surface area (Å²) in [5.74, 6) is -0.183. The summed E-state index contributed by atoms with van der Waals surface area (Å²) in [5, 5.41) is 8.60. The fraction of sp³-hybridized carbons (Fsp3) is 0.182. The number of amides is 1. The van der Waals surface area contributed by atoms with Gasteiger partial charge >= 0.3 is 0 Å². The van der Waals surface area contributed by atoms with Crippen molar-refractivity contribution in [2.45, 2.75) is 16.8 Å². The number of para-hydroxylation sites is 1. The van der Waals surface area contributed by atoms with Crippen LogP contribution in [0.1, 0.15) is 5.56 Å². The second-order valence-electron chi connectivity index (χ2n) is 7.41. The first kappa shape index (κ1) is 22.9. The molecule has 1 amide bonds. The molecule has 0 radical (unpaired) electrons. The first-order chi connectivity index (χ1) is 15.8. The highest BCUT2D eigenvalue weighted by atomic mass is 32.2. The average molecular weight is 483 g/mol. The van der Waals surface area contributed by atoms with E-state index in [1.54, 1.807) is 23.9 Å². The Kier molecular flexibility index (Phi) is 6.45. The number of aryl methyl sites for hydroxylation is 1. The van der Waals surface area contributed by atoms with Gasteiger partial charge in [-0.1, -0.05) is 36.0 Å². The number of hydrogen-bond donors (Lipinski definition) is 1. The maximum atomic E-state index is 12.6. The summed E-state index contributed by atoms with van der Waals surface area (Å²) in [4.78, 5) is 21.4. The van der Waals surface area contributed by atoms with Gasteiger partial charge in [-0.2, -0.15) is 5.10 Å². The summed E-state index contributed by atoms with van der Waals surface area (Å²) in [6.45, 7) is 1.81. The number of carbonyl (C=O) groups is 1. The maximum Gasteiger partial charge on any atom is 0.242 e. The molecule has 0 aliphatic rings. The van der Waals surface area contributed by atoms with Crippen LogP contribution in [0.5, 0.6) is 0 Å². The zero-order chi connectivity index (χ0) is 23.6. The highest BCUT2D eigenvalue weighted by molar-refractivity contribution is 8.00. The van der Waals surface area contributed by atoms with E-state index in [1.807, 2.05) is 30.3 Å².